The van der Waals surface area contributed by atoms with Gasteiger partial charge in [-0.05, 0) is 41.3 Å². The van der Waals surface area contributed by atoms with Crippen LogP contribution in [0.1, 0.15) is 40.3 Å². The lowest BCUT2D eigenvalue weighted by atomic mass is 9.97. The van der Waals surface area contributed by atoms with Gasteiger partial charge >= 0.3 is 0 Å². The van der Waals surface area contributed by atoms with Gasteiger partial charge in [0.1, 0.15) is 12.4 Å². The minimum atomic E-state index is -0.352. The molecular weight excluding hydrogens is 444 g/mol. The number of rotatable bonds is 6. The second kappa shape index (κ2) is 8.88. The lowest BCUT2D eigenvalue weighted by Crippen LogP contribution is -2.33. The van der Waals surface area contributed by atoms with Gasteiger partial charge in [-0.15, -0.1) is 11.3 Å². The second-order valence-corrected chi connectivity index (χ2v) is 9.26. The molecule has 0 aliphatic carbocycles. The van der Waals surface area contributed by atoms with Crippen molar-refractivity contribution >= 4 is 17.0 Å². The first-order valence-corrected chi connectivity index (χ1v) is 12.2. The standard InChI is InChI=1S/C28H24N2O3S/c1-31-26-16-20(13-14-25(26)32-18-19-8-3-2-4-9-19)28-30-23(21-10-5-6-11-24(21)33-28)17-22(29-30)27-12-7-15-34-27/h2-16,23,28H,17-18H2,1H3/t23-,28-/m1/s1. The Labute approximate surface area is 202 Å². The van der Waals surface area contributed by atoms with Gasteiger partial charge in [0.25, 0.3) is 0 Å². The Hall–Kier alpha value is -3.77. The topological polar surface area (TPSA) is 43.3 Å². The van der Waals surface area contributed by atoms with Crippen LogP contribution >= 0.6 is 11.3 Å². The first-order chi connectivity index (χ1) is 16.8. The predicted octanol–water partition coefficient (Wildman–Crippen LogP) is 6.58. The Bertz CT molecular complexity index is 1320. The summed E-state index contributed by atoms with van der Waals surface area (Å²) in [7, 11) is 1.66. The molecule has 2 aliphatic rings. The molecule has 0 saturated carbocycles. The third kappa shape index (κ3) is 3.80. The maximum absolute atomic E-state index is 6.49. The van der Waals surface area contributed by atoms with Gasteiger partial charge in [-0.25, -0.2) is 5.01 Å². The number of ether oxygens (including phenoxy) is 3. The third-order valence-corrected chi connectivity index (χ3v) is 7.13. The van der Waals surface area contributed by atoms with E-state index >= 15 is 0 Å². The first kappa shape index (κ1) is 20.8. The first-order valence-electron chi connectivity index (χ1n) is 11.3. The van der Waals surface area contributed by atoms with Crippen LogP contribution in [0.25, 0.3) is 0 Å². The molecule has 170 valence electrons. The number of hydrogen-bond donors (Lipinski definition) is 0. The molecule has 0 N–H and O–H groups in total. The zero-order chi connectivity index (χ0) is 22.9. The summed E-state index contributed by atoms with van der Waals surface area (Å²) in [5, 5.41) is 9.21. The van der Waals surface area contributed by atoms with E-state index in [0.29, 0.717) is 18.1 Å². The molecule has 6 heteroatoms. The molecule has 34 heavy (non-hydrogen) atoms. The summed E-state index contributed by atoms with van der Waals surface area (Å²) in [5.41, 5.74) is 4.35. The summed E-state index contributed by atoms with van der Waals surface area (Å²) in [5.74, 6) is 2.28. The summed E-state index contributed by atoms with van der Waals surface area (Å²) >= 11 is 1.72. The van der Waals surface area contributed by atoms with E-state index in [1.165, 1.54) is 10.4 Å². The molecule has 3 heterocycles. The van der Waals surface area contributed by atoms with E-state index in [-0.39, 0.29) is 12.3 Å². The van der Waals surface area contributed by atoms with Crippen molar-refractivity contribution in [3.05, 3.63) is 112 Å². The van der Waals surface area contributed by atoms with Gasteiger partial charge in [0.05, 0.1) is 23.7 Å². The Morgan fingerprint density at radius 2 is 1.82 bits per heavy atom. The summed E-state index contributed by atoms with van der Waals surface area (Å²) in [4.78, 5) is 1.20. The fourth-order valence-corrected chi connectivity index (χ4v) is 5.26. The van der Waals surface area contributed by atoms with Gasteiger partial charge in [-0.1, -0.05) is 54.6 Å². The highest BCUT2D eigenvalue weighted by Gasteiger charge is 2.41. The van der Waals surface area contributed by atoms with Crippen LogP contribution in [-0.2, 0) is 6.61 Å². The van der Waals surface area contributed by atoms with Crippen molar-refractivity contribution in [3.8, 4) is 17.2 Å². The van der Waals surface area contributed by atoms with Gasteiger partial charge in [-0.2, -0.15) is 5.10 Å². The lowest BCUT2D eigenvalue weighted by molar-refractivity contribution is -0.0191. The zero-order valence-electron chi connectivity index (χ0n) is 18.8. The minimum absolute atomic E-state index is 0.132. The maximum Gasteiger partial charge on any atom is 0.214 e. The number of benzene rings is 3. The molecule has 5 nitrogen and oxygen atoms in total. The third-order valence-electron chi connectivity index (χ3n) is 6.21. The van der Waals surface area contributed by atoms with Crippen LogP contribution in [0.5, 0.6) is 17.2 Å². The van der Waals surface area contributed by atoms with Gasteiger partial charge in [0.15, 0.2) is 11.5 Å². The Morgan fingerprint density at radius 3 is 2.65 bits per heavy atom. The molecule has 0 fully saturated rings. The average molecular weight is 469 g/mol. The fourth-order valence-electron chi connectivity index (χ4n) is 4.54. The minimum Gasteiger partial charge on any atom is -0.493 e. The van der Waals surface area contributed by atoms with Gasteiger partial charge in [0.2, 0.25) is 6.23 Å². The van der Waals surface area contributed by atoms with E-state index < -0.39 is 0 Å². The van der Waals surface area contributed by atoms with Crippen molar-refractivity contribution < 1.29 is 14.2 Å². The van der Waals surface area contributed by atoms with Crippen LogP contribution in [0.4, 0.5) is 0 Å². The Morgan fingerprint density at radius 1 is 0.971 bits per heavy atom. The number of fused-ring (bicyclic) bond motifs is 3. The van der Waals surface area contributed by atoms with Gasteiger partial charge in [0, 0.05) is 17.5 Å². The number of methoxy groups -OCH3 is 1. The van der Waals surface area contributed by atoms with E-state index in [4.69, 9.17) is 19.3 Å². The lowest BCUT2D eigenvalue weighted by Gasteiger charge is -2.38. The molecule has 3 aromatic carbocycles. The van der Waals surface area contributed by atoms with E-state index in [0.717, 1.165) is 29.0 Å². The van der Waals surface area contributed by atoms with E-state index in [2.05, 4.69) is 34.7 Å². The van der Waals surface area contributed by atoms with Crippen molar-refractivity contribution in [2.75, 3.05) is 7.11 Å². The summed E-state index contributed by atoms with van der Waals surface area (Å²) < 4.78 is 18.2. The molecule has 0 bridgehead atoms. The van der Waals surface area contributed by atoms with Crippen LogP contribution < -0.4 is 14.2 Å². The van der Waals surface area contributed by atoms with Crippen molar-refractivity contribution in [2.24, 2.45) is 5.10 Å². The van der Waals surface area contributed by atoms with Crippen molar-refractivity contribution in [3.63, 3.8) is 0 Å². The Balaban J connectivity index is 1.33. The summed E-state index contributed by atoms with van der Waals surface area (Å²) in [6.45, 7) is 0.479. The fraction of sp³-hybridized carbons (Fsp3) is 0.179. The highest BCUT2D eigenvalue weighted by atomic mass is 32.1. The quantitative estimate of drug-likeness (QED) is 0.321. The molecule has 0 radical (unpaired) electrons. The molecule has 6 rings (SSSR count). The molecule has 2 atom stereocenters. The van der Waals surface area contributed by atoms with Crippen LogP contribution in [0.2, 0.25) is 0 Å². The SMILES string of the molecule is COc1cc([C@H]2Oc3ccccc3[C@H]3CC(c4cccs4)=NN32)ccc1OCc1ccccc1. The summed E-state index contributed by atoms with van der Waals surface area (Å²) in [6, 6.07) is 28.7. The molecule has 4 aromatic rings. The number of hydrazone groups is 1. The van der Waals surface area contributed by atoms with E-state index in [1.807, 2.05) is 60.7 Å². The summed E-state index contributed by atoms with van der Waals surface area (Å²) in [6.07, 6.45) is 0.502. The number of nitrogens with zero attached hydrogens (tertiary/aromatic N) is 2. The van der Waals surface area contributed by atoms with Crippen LogP contribution in [0.3, 0.4) is 0 Å². The average Bonchev–Trinajstić information content (AvgIpc) is 3.58. The largest absolute Gasteiger partial charge is 0.493 e. The van der Waals surface area contributed by atoms with E-state index in [1.54, 1.807) is 18.4 Å². The molecule has 0 unspecified atom stereocenters. The van der Waals surface area contributed by atoms with Crippen molar-refractivity contribution in [2.45, 2.75) is 25.3 Å². The highest BCUT2D eigenvalue weighted by Crippen LogP contribution is 2.48. The number of hydrogen-bond acceptors (Lipinski definition) is 6. The Kier molecular flexibility index (Phi) is 5.43. The molecule has 0 saturated heterocycles. The highest BCUT2D eigenvalue weighted by molar-refractivity contribution is 7.12. The van der Waals surface area contributed by atoms with Crippen LogP contribution in [-0.4, -0.2) is 17.8 Å². The maximum atomic E-state index is 6.49. The normalized spacial score (nSPS) is 18.5. The zero-order valence-corrected chi connectivity index (χ0v) is 19.6. The monoisotopic (exact) mass is 468 g/mol. The molecule has 2 aliphatic heterocycles. The van der Waals surface area contributed by atoms with E-state index in [9.17, 15) is 0 Å². The number of thiophene rings is 1. The van der Waals surface area contributed by atoms with Crippen LogP contribution in [0.15, 0.2) is 95.4 Å². The molecule has 1 aromatic heterocycles. The smallest absolute Gasteiger partial charge is 0.214 e. The van der Waals surface area contributed by atoms with Gasteiger partial charge < -0.3 is 14.2 Å². The predicted molar refractivity (Wildman–Crippen MR) is 134 cm³/mol. The molecule has 0 spiro atoms. The van der Waals surface area contributed by atoms with Crippen molar-refractivity contribution in [1.82, 2.24) is 5.01 Å². The van der Waals surface area contributed by atoms with Crippen molar-refractivity contribution in [1.29, 1.82) is 0 Å². The van der Waals surface area contributed by atoms with Crippen LogP contribution in [0, 0.1) is 0 Å². The second-order valence-electron chi connectivity index (χ2n) is 8.32. The number of para-hydroxylation sites is 1. The van der Waals surface area contributed by atoms with Gasteiger partial charge in [-0.3, -0.25) is 0 Å². The molecular formula is C28H24N2O3S. The molecule has 0 amide bonds.